The van der Waals surface area contributed by atoms with Gasteiger partial charge < -0.3 is 5.32 Å². The summed E-state index contributed by atoms with van der Waals surface area (Å²) in [6.07, 6.45) is 0.423. The minimum Gasteiger partial charge on any atom is -0.325 e. The molecule has 1 unspecified atom stereocenters. The van der Waals surface area contributed by atoms with Crippen LogP contribution in [0.5, 0.6) is 0 Å². The first-order valence-corrected chi connectivity index (χ1v) is 8.08. The molecule has 108 valence electrons. The molecule has 1 aliphatic heterocycles. The Morgan fingerprint density at radius 1 is 1.19 bits per heavy atom. The van der Waals surface area contributed by atoms with Crippen molar-refractivity contribution in [3.63, 3.8) is 0 Å². The number of aryl methyl sites for hydroxylation is 2. The van der Waals surface area contributed by atoms with E-state index in [0.29, 0.717) is 11.4 Å². The lowest BCUT2D eigenvalue weighted by molar-refractivity contribution is -0.115. The van der Waals surface area contributed by atoms with Gasteiger partial charge in [-0.15, -0.1) is 0 Å². The third-order valence-corrected chi connectivity index (χ3v) is 5.29. The van der Waals surface area contributed by atoms with Gasteiger partial charge in [-0.2, -0.15) is 0 Å². The molecule has 1 atom stereocenters. The molecule has 0 spiro atoms. The van der Waals surface area contributed by atoms with E-state index >= 15 is 0 Å². The molecule has 2 nitrogen and oxygen atoms in total. The maximum Gasteiger partial charge on any atom is 0.228 e. The SMILES string of the molecule is Cc1ccc(C(Br)c2cc3c(cc2Cl)NC(=O)C3)cc1C. The summed E-state index contributed by atoms with van der Waals surface area (Å²) in [4.78, 5) is 11.5. The molecule has 2 aromatic carbocycles. The molecule has 0 fully saturated rings. The van der Waals surface area contributed by atoms with Gasteiger partial charge in [0.25, 0.3) is 0 Å². The van der Waals surface area contributed by atoms with Crippen molar-refractivity contribution in [1.29, 1.82) is 0 Å². The number of fused-ring (bicyclic) bond motifs is 1. The molecular formula is C17H15BrClNO. The Bertz CT molecular complexity index is 742. The van der Waals surface area contributed by atoms with E-state index in [0.717, 1.165) is 22.4 Å². The quantitative estimate of drug-likeness (QED) is 0.752. The van der Waals surface area contributed by atoms with E-state index in [1.54, 1.807) is 0 Å². The third-order valence-electron chi connectivity index (χ3n) is 3.94. The second-order valence-corrected chi connectivity index (χ2v) is 6.78. The van der Waals surface area contributed by atoms with E-state index in [4.69, 9.17) is 11.6 Å². The summed E-state index contributed by atoms with van der Waals surface area (Å²) >= 11 is 10.1. The highest BCUT2D eigenvalue weighted by Crippen LogP contribution is 2.39. The Morgan fingerprint density at radius 2 is 1.95 bits per heavy atom. The highest BCUT2D eigenvalue weighted by molar-refractivity contribution is 9.09. The molecule has 1 amide bonds. The molecule has 1 aliphatic rings. The summed E-state index contributed by atoms with van der Waals surface area (Å²) in [6.45, 7) is 4.20. The fourth-order valence-electron chi connectivity index (χ4n) is 2.56. The topological polar surface area (TPSA) is 29.1 Å². The van der Waals surface area contributed by atoms with Gasteiger partial charge in [0.1, 0.15) is 0 Å². The number of amides is 1. The highest BCUT2D eigenvalue weighted by atomic mass is 79.9. The van der Waals surface area contributed by atoms with E-state index < -0.39 is 0 Å². The minimum atomic E-state index is 0.0188. The molecular weight excluding hydrogens is 350 g/mol. The summed E-state index contributed by atoms with van der Waals surface area (Å²) in [5.41, 5.74) is 6.52. The van der Waals surface area contributed by atoms with Crippen molar-refractivity contribution in [3.05, 3.63) is 63.2 Å². The first kappa shape index (κ1) is 14.6. The zero-order valence-electron chi connectivity index (χ0n) is 11.8. The molecule has 3 rings (SSSR count). The van der Waals surface area contributed by atoms with Crippen LogP contribution < -0.4 is 5.32 Å². The van der Waals surface area contributed by atoms with E-state index in [2.05, 4.69) is 53.3 Å². The zero-order chi connectivity index (χ0) is 15.1. The number of anilines is 1. The van der Waals surface area contributed by atoms with Crippen LogP contribution in [-0.4, -0.2) is 5.91 Å². The van der Waals surface area contributed by atoms with Crippen LogP contribution in [0.2, 0.25) is 5.02 Å². The molecule has 1 heterocycles. The van der Waals surface area contributed by atoms with E-state index in [1.807, 2.05) is 12.1 Å². The molecule has 0 saturated heterocycles. The van der Waals surface area contributed by atoms with E-state index in [1.165, 1.54) is 11.1 Å². The van der Waals surface area contributed by atoms with Gasteiger partial charge in [0, 0.05) is 10.7 Å². The molecule has 0 radical (unpaired) electrons. The van der Waals surface area contributed by atoms with Crippen molar-refractivity contribution < 1.29 is 4.79 Å². The number of hydrogen-bond donors (Lipinski definition) is 1. The smallest absolute Gasteiger partial charge is 0.228 e. The fraction of sp³-hybridized carbons (Fsp3) is 0.235. The maximum absolute atomic E-state index is 11.5. The standard InChI is InChI=1S/C17H15BrClNO/c1-9-3-4-11(5-10(9)2)17(18)13-6-12-7-16(21)20-15(12)8-14(13)19/h3-6,8,17H,7H2,1-2H3,(H,20,21). The number of benzene rings is 2. The Hall–Kier alpha value is -1.32. The summed E-state index contributed by atoms with van der Waals surface area (Å²) < 4.78 is 0. The van der Waals surface area contributed by atoms with Gasteiger partial charge in [-0.05, 0) is 47.7 Å². The minimum absolute atomic E-state index is 0.0188. The molecule has 4 heteroatoms. The Labute approximate surface area is 137 Å². The highest BCUT2D eigenvalue weighted by Gasteiger charge is 2.22. The first-order valence-electron chi connectivity index (χ1n) is 6.79. The van der Waals surface area contributed by atoms with Gasteiger partial charge in [-0.3, -0.25) is 4.79 Å². The molecule has 21 heavy (non-hydrogen) atoms. The Balaban J connectivity index is 2.02. The van der Waals surface area contributed by atoms with Crippen LogP contribution >= 0.6 is 27.5 Å². The number of nitrogens with one attached hydrogen (secondary N) is 1. The predicted molar refractivity (Wildman–Crippen MR) is 90.5 cm³/mol. The number of hydrogen-bond acceptors (Lipinski definition) is 1. The van der Waals surface area contributed by atoms with Gasteiger partial charge in [-0.25, -0.2) is 0 Å². The van der Waals surface area contributed by atoms with Crippen LogP contribution in [0.15, 0.2) is 30.3 Å². The van der Waals surface area contributed by atoms with Crippen molar-refractivity contribution in [2.75, 3.05) is 5.32 Å². The summed E-state index contributed by atoms with van der Waals surface area (Å²) in [6, 6.07) is 10.2. The summed E-state index contributed by atoms with van der Waals surface area (Å²) in [7, 11) is 0. The van der Waals surface area contributed by atoms with Gasteiger partial charge >= 0.3 is 0 Å². The van der Waals surface area contributed by atoms with Crippen molar-refractivity contribution in [3.8, 4) is 0 Å². The van der Waals surface area contributed by atoms with Crippen LogP contribution in [0.25, 0.3) is 0 Å². The average Bonchev–Trinajstić information content (AvgIpc) is 2.79. The molecule has 0 bridgehead atoms. The lowest BCUT2D eigenvalue weighted by Crippen LogP contribution is -2.03. The van der Waals surface area contributed by atoms with Crippen LogP contribution in [0, 0.1) is 13.8 Å². The average molecular weight is 365 g/mol. The Kier molecular flexibility index (Phi) is 3.80. The molecule has 2 aromatic rings. The van der Waals surface area contributed by atoms with Crippen LogP contribution in [0.1, 0.15) is 32.6 Å². The Morgan fingerprint density at radius 3 is 2.67 bits per heavy atom. The van der Waals surface area contributed by atoms with E-state index in [-0.39, 0.29) is 10.7 Å². The number of alkyl halides is 1. The lowest BCUT2D eigenvalue weighted by Gasteiger charge is -2.15. The maximum atomic E-state index is 11.5. The largest absolute Gasteiger partial charge is 0.325 e. The molecule has 1 N–H and O–H groups in total. The zero-order valence-corrected chi connectivity index (χ0v) is 14.2. The van der Waals surface area contributed by atoms with Gasteiger partial charge in [0.05, 0.1) is 11.2 Å². The van der Waals surface area contributed by atoms with Crippen LogP contribution in [-0.2, 0) is 11.2 Å². The summed E-state index contributed by atoms with van der Waals surface area (Å²) in [5.74, 6) is 0.0236. The van der Waals surface area contributed by atoms with Crippen molar-refractivity contribution in [1.82, 2.24) is 0 Å². The van der Waals surface area contributed by atoms with Gasteiger partial charge in [0.15, 0.2) is 0 Å². The summed E-state index contributed by atoms with van der Waals surface area (Å²) in [5, 5.41) is 3.49. The molecule has 0 aromatic heterocycles. The van der Waals surface area contributed by atoms with Crippen molar-refractivity contribution in [2.24, 2.45) is 0 Å². The number of rotatable bonds is 2. The number of carbonyl (C=O) groups excluding carboxylic acids is 1. The predicted octanol–water partition coefficient (Wildman–Crippen LogP) is 4.94. The number of carbonyl (C=O) groups is 1. The van der Waals surface area contributed by atoms with Crippen LogP contribution in [0.4, 0.5) is 5.69 Å². The molecule has 0 aliphatic carbocycles. The van der Waals surface area contributed by atoms with Gasteiger partial charge in [-0.1, -0.05) is 51.8 Å². The van der Waals surface area contributed by atoms with Gasteiger partial charge in [0.2, 0.25) is 5.91 Å². The third kappa shape index (κ3) is 2.72. The second kappa shape index (κ2) is 5.47. The first-order chi connectivity index (χ1) is 9.95. The normalized spacial score (nSPS) is 14.8. The van der Waals surface area contributed by atoms with Crippen molar-refractivity contribution in [2.45, 2.75) is 25.1 Å². The second-order valence-electron chi connectivity index (χ2n) is 5.46. The monoisotopic (exact) mass is 363 g/mol. The fourth-order valence-corrected chi connectivity index (χ4v) is 3.63. The lowest BCUT2D eigenvalue weighted by atomic mass is 9.98. The van der Waals surface area contributed by atoms with Crippen molar-refractivity contribution >= 4 is 39.1 Å². The molecule has 0 saturated carbocycles. The van der Waals surface area contributed by atoms with Crippen LogP contribution in [0.3, 0.4) is 0 Å². The van der Waals surface area contributed by atoms with E-state index in [9.17, 15) is 4.79 Å². The number of halogens is 2.